The lowest BCUT2D eigenvalue weighted by Gasteiger charge is -2.44. The van der Waals surface area contributed by atoms with Crippen LogP contribution in [0.1, 0.15) is 34.6 Å². The molecule has 1 N–H and O–H groups in total. The second kappa shape index (κ2) is 9.86. The van der Waals surface area contributed by atoms with Crippen molar-refractivity contribution in [2.45, 2.75) is 65.3 Å². The van der Waals surface area contributed by atoms with Gasteiger partial charge in [0, 0.05) is 34.6 Å². The molecule has 0 aromatic carbocycles. The molecule has 1 amide bonds. The fraction of sp³-hybridized carbons (Fsp3) is 0.688. The van der Waals surface area contributed by atoms with Crippen LogP contribution >= 0.6 is 0 Å². The molecule has 0 aliphatic carbocycles. The predicted octanol–water partition coefficient (Wildman–Crippen LogP) is -0.794. The van der Waals surface area contributed by atoms with Crippen LogP contribution in [0, 0.1) is 0 Å². The average molecular weight is 389 g/mol. The number of esters is 4. The van der Waals surface area contributed by atoms with Crippen LogP contribution in [0.3, 0.4) is 0 Å². The minimum atomic E-state index is -1.37. The highest BCUT2D eigenvalue weighted by Crippen LogP contribution is 2.28. The van der Waals surface area contributed by atoms with Gasteiger partial charge in [-0.15, -0.1) is 0 Å². The van der Waals surface area contributed by atoms with E-state index in [4.69, 9.17) is 23.7 Å². The molecule has 0 saturated carbocycles. The van der Waals surface area contributed by atoms with E-state index >= 15 is 0 Å². The highest BCUT2D eigenvalue weighted by Gasteiger charge is 2.52. The number of ether oxygens (including phenoxy) is 5. The van der Waals surface area contributed by atoms with Gasteiger partial charge in [0.1, 0.15) is 18.8 Å². The number of carbonyl (C=O) groups excluding carboxylic acids is 5. The van der Waals surface area contributed by atoms with Gasteiger partial charge in [-0.2, -0.15) is 0 Å². The fourth-order valence-corrected chi connectivity index (χ4v) is 2.55. The van der Waals surface area contributed by atoms with Gasteiger partial charge in [-0.05, 0) is 0 Å². The van der Waals surface area contributed by atoms with Crippen molar-refractivity contribution < 1.29 is 47.7 Å². The summed E-state index contributed by atoms with van der Waals surface area (Å²) in [6.07, 6.45) is -4.97. The van der Waals surface area contributed by atoms with Crippen LogP contribution in [0.15, 0.2) is 0 Å². The largest absolute Gasteiger partial charge is 0.463 e. The smallest absolute Gasteiger partial charge is 0.305 e. The standard InChI is InChI=1S/C16H23NO10/c1-7(18)17-13-15(25-10(4)21)14(24-9(3)20)12(6-23-8(2)19)27-16(13)26-11(5)22/h12-16H,6H2,1-5H3,(H,17,18)/t12?,13-,14+,15?,16+/m0/s1. The minimum Gasteiger partial charge on any atom is -0.463 e. The van der Waals surface area contributed by atoms with Crippen molar-refractivity contribution in [2.24, 2.45) is 0 Å². The maximum Gasteiger partial charge on any atom is 0.305 e. The van der Waals surface area contributed by atoms with Crippen LogP contribution in [0.25, 0.3) is 0 Å². The molecule has 1 rings (SSSR count). The van der Waals surface area contributed by atoms with Crippen LogP contribution in [-0.2, 0) is 47.7 Å². The summed E-state index contributed by atoms with van der Waals surface area (Å²) in [7, 11) is 0. The number of nitrogens with one attached hydrogen (secondary N) is 1. The van der Waals surface area contributed by atoms with Gasteiger partial charge >= 0.3 is 23.9 Å². The zero-order valence-electron chi connectivity index (χ0n) is 15.7. The molecule has 1 saturated heterocycles. The summed E-state index contributed by atoms with van der Waals surface area (Å²) in [5.74, 6) is -3.34. The van der Waals surface area contributed by atoms with Gasteiger partial charge in [0.05, 0.1) is 0 Å². The Kier molecular flexibility index (Phi) is 8.16. The molecule has 2 unspecified atom stereocenters. The fourth-order valence-electron chi connectivity index (χ4n) is 2.55. The summed E-state index contributed by atoms with van der Waals surface area (Å²) in [5.41, 5.74) is 0. The van der Waals surface area contributed by atoms with Crippen molar-refractivity contribution in [1.82, 2.24) is 5.32 Å². The summed E-state index contributed by atoms with van der Waals surface area (Å²) < 4.78 is 25.9. The van der Waals surface area contributed by atoms with Crippen molar-refractivity contribution >= 4 is 29.8 Å². The normalized spacial score (nSPS) is 27.1. The van der Waals surface area contributed by atoms with Gasteiger partial charge in [0.2, 0.25) is 12.2 Å². The first-order valence-electron chi connectivity index (χ1n) is 8.08. The first-order chi connectivity index (χ1) is 12.5. The number of rotatable bonds is 6. The zero-order chi connectivity index (χ0) is 20.7. The predicted molar refractivity (Wildman–Crippen MR) is 85.8 cm³/mol. The second-order valence-corrected chi connectivity index (χ2v) is 5.83. The summed E-state index contributed by atoms with van der Waals surface area (Å²) in [6.45, 7) is 5.36. The van der Waals surface area contributed by atoms with E-state index in [1.165, 1.54) is 6.92 Å². The van der Waals surface area contributed by atoms with Crippen molar-refractivity contribution in [3.8, 4) is 0 Å². The summed E-state index contributed by atoms with van der Waals surface area (Å²) in [5, 5.41) is 2.46. The van der Waals surface area contributed by atoms with Crippen molar-refractivity contribution in [2.75, 3.05) is 6.61 Å². The molecule has 0 aromatic heterocycles. The Morgan fingerprint density at radius 2 is 1.30 bits per heavy atom. The van der Waals surface area contributed by atoms with Gasteiger partial charge in [-0.25, -0.2) is 0 Å². The van der Waals surface area contributed by atoms with E-state index in [0.29, 0.717) is 0 Å². The van der Waals surface area contributed by atoms with Crippen molar-refractivity contribution in [3.63, 3.8) is 0 Å². The first kappa shape index (κ1) is 22.4. The monoisotopic (exact) mass is 389 g/mol. The van der Waals surface area contributed by atoms with E-state index in [1.54, 1.807) is 0 Å². The molecule has 0 spiro atoms. The topological polar surface area (TPSA) is 144 Å². The lowest BCUT2D eigenvalue weighted by atomic mass is 9.96. The molecule has 0 aromatic rings. The first-order valence-corrected chi connectivity index (χ1v) is 8.08. The van der Waals surface area contributed by atoms with Gasteiger partial charge in [0.15, 0.2) is 12.2 Å². The maximum atomic E-state index is 11.6. The lowest BCUT2D eigenvalue weighted by Crippen LogP contribution is -2.66. The molecule has 5 atom stereocenters. The quantitative estimate of drug-likeness (QED) is 0.453. The van der Waals surface area contributed by atoms with Gasteiger partial charge in [-0.3, -0.25) is 24.0 Å². The molecule has 0 bridgehead atoms. The number of hydrogen-bond acceptors (Lipinski definition) is 10. The zero-order valence-corrected chi connectivity index (χ0v) is 15.7. The number of amides is 1. The Morgan fingerprint density at radius 1 is 0.778 bits per heavy atom. The van der Waals surface area contributed by atoms with Gasteiger partial charge in [0.25, 0.3) is 0 Å². The van der Waals surface area contributed by atoms with E-state index in [0.717, 1.165) is 27.7 Å². The van der Waals surface area contributed by atoms with Crippen LogP contribution in [0.2, 0.25) is 0 Å². The molecule has 1 heterocycles. The Bertz CT molecular complexity index is 604. The molecule has 1 aliphatic heterocycles. The Hall–Kier alpha value is -2.69. The Morgan fingerprint density at radius 3 is 1.74 bits per heavy atom. The molecule has 11 heteroatoms. The molecule has 11 nitrogen and oxygen atoms in total. The molecule has 1 fully saturated rings. The van der Waals surface area contributed by atoms with E-state index in [2.05, 4.69) is 5.32 Å². The van der Waals surface area contributed by atoms with E-state index in [9.17, 15) is 24.0 Å². The van der Waals surface area contributed by atoms with Crippen LogP contribution in [-0.4, -0.2) is 67.0 Å². The third kappa shape index (κ3) is 7.21. The van der Waals surface area contributed by atoms with Crippen LogP contribution in [0.4, 0.5) is 0 Å². The number of hydrogen-bond donors (Lipinski definition) is 1. The van der Waals surface area contributed by atoms with Crippen molar-refractivity contribution in [1.29, 1.82) is 0 Å². The van der Waals surface area contributed by atoms with E-state index < -0.39 is 60.4 Å². The molecular weight excluding hydrogens is 366 g/mol. The Labute approximate surface area is 155 Å². The molecular formula is C16H23NO10. The van der Waals surface area contributed by atoms with E-state index in [-0.39, 0.29) is 6.61 Å². The number of carbonyl (C=O) groups is 5. The van der Waals surface area contributed by atoms with Gasteiger partial charge < -0.3 is 29.0 Å². The van der Waals surface area contributed by atoms with E-state index in [1.807, 2.05) is 0 Å². The second-order valence-electron chi connectivity index (χ2n) is 5.83. The maximum absolute atomic E-state index is 11.6. The third-order valence-corrected chi connectivity index (χ3v) is 3.35. The summed E-state index contributed by atoms with van der Waals surface area (Å²) in [6, 6.07) is -1.16. The van der Waals surface area contributed by atoms with Crippen LogP contribution in [0.5, 0.6) is 0 Å². The Balaban J connectivity index is 3.29. The van der Waals surface area contributed by atoms with Gasteiger partial charge in [-0.1, -0.05) is 0 Å². The molecule has 152 valence electrons. The highest BCUT2D eigenvalue weighted by atomic mass is 16.7. The van der Waals surface area contributed by atoms with Crippen LogP contribution < -0.4 is 5.32 Å². The lowest BCUT2D eigenvalue weighted by molar-refractivity contribution is -0.270. The highest BCUT2D eigenvalue weighted by molar-refractivity contribution is 5.74. The van der Waals surface area contributed by atoms with Crippen molar-refractivity contribution in [3.05, 3.63) is 0 Å². The summed E-state index contributed by atoms with van der Waals surface area (Å²) >= 11 is 0. The molecule has 1 aliphatic rings. The minimum absolute atomic E-state index is 0.365. The third-order valence-electron chi connectivity index (χ3n) is 3.35. The molecule has 27 heavy (non-hydrogen) atoms. The molecule has 0 radical (unpaired) electrons. The summed E-state index contributed by atoms with van der Waals surface area (Å²) in [4.78, 5) is 57.2. The SMILES string of the molecule is CC(=O)N[C@H]1C(OC(C)=O)[C@H](OC(C)=O)C(COC(C)=O)O[C@H]1OC(C)=O. The average Bonchev–Trinajstić information content (AvgIpc) is 2.49.